The van der Waals surface area contributed by atoms with E-state index in [4.69, 9.17) is 14.2 Å². The van der Waals surface area contributed by atoms with Gasteiger partial charge in [-0.3, -0.25) is 9.89 Å². The molecule has 0 aliphatic carbocycles. The number of anilines is 1. The highest BCUT2D eigenvalue weighted by Crippen LogP contribution is 2.47. The molecule has 0 saturated carbocycles. The largest absolute Gasteiger partial charge is 0.506 e. The van der Waals surface area contributed by atoms with Crippen LogP contribution in [0.1, 0.15) is 22.4 Å². The molecule has 0 fully saturated rings. The molecule has 1 heterocycles. The van der Waals surface area contributed by atoms with E-state index in [0.717, 1.165) is 12.1 Å². The quantitative estimate of drug-likeness (QED) is 0.111. The molecular formula is C30H24F9N3O5. The summed E-state index contributed by atoms with van der Waals surface area (Å²) in [5.74, 6) is -1.83. The van der Waals surface area contributed by atoms with Crippen LogP contribution >= 0.6 is 0 Å². The number of alkyl halides is 9. The minimum atomic E-state index is -5.23. The Morgan fingerprint density at radius 3 is 2.04 bits per heavy atom. The number of hydrogen-bond donors (Lipinski definition) is 3. The van der Waals surface area contributed by atoms with Crippen molar-refractivity contribution in [1.82, 2.24) is 10.2 Å². The molecule has 0 aliphatic heterocycles. The highest BCUT2D eigenvalue weighted by atomic mass is 19.4. The fourth-order valence-corrected chi connectivity index (χ4v) is 4.23. The number of methoxy groups -OCH3 is 1. The van der Waals surface area contributed by atoms with E-state index in [9.17, 15) is 49.4 Å². The number of H-pyrrole nitrogens is 1. The topological polar surface area (TPSA) is 106 Å². The van der Waals surface area contributed by atoms with E-state index in [0.29, 0.717) is 36.1 Å². The van der Waals surface area contributed by atoms with Gasteiger partial charge in [-0.05, 0) is 59.7 Å². The Hall–Kier alpha value is -4.77. The van der Waals surface area contributed by atoms with Crippen LogP contribution in [0.25, 0.3) is 22.4 Å². The van der Waals surface area contributed by atoms with Crippen molar-refractivity contribution in [2.24, 2.45) is 0 Å². The predicted molar refractivity (Wildman–Crippen MR) is 148 cm³/mol. The molecule has 3 N–H and O–H groups in total. The molecule has 4 aromatic rings. The number of phenols is 1. The molecule has 1 amide bonds. The molecule has 0 bridgehead atoms. The zero-order valence-corrected chi connectivity index (χ0v) is 24.0. The Morgan fingerprint density at radius 2 is 1.49 bits per heavy atom. The van der Waals surface area contributed by atoms with Gasteiger partial charge >= 0.3 is 18.5 Å². The first-order valence-corrected chi connectivity index (χ1v) is 13.3. The first-order valence-electron chi connectivity index (χ1n) is 13.3. The first-order chi connectivity index (χ1) is 22.0. The summed E-state index contributed by atoms with van der Waals surface area (Å²) in [6, 6.07) is 9.21. The number of halogens is 9. The highest BCUT2D eigenvalue weighted by Gasteiger charge is 2.38. The summed E-state index contributed by atoms with van der Waals surface area (Å²) in [5.41, 5.74) is -6.27. The lowest BCUT2D eigenvalue weighted by atomic mass is 9.95. The number of hydrogen-bond acceptors (Lipinski definition) is 6. The van der Waals surface area contributed by atoms with Crippen LogP contribution in [0.5, 0.6) is 11.5 Å². The summed E-state index contributed by atoms with van der Waals surface area (Å²) in [6.07, 6.45) is -15.3. The molecule has 0 unspecified atom stereocenters. The zero-order chi connectivity index (χ0) is 34.6. The van der Waals surface area contributed by atoms with Crippen LogP contribution in [0.15, 0.2) is 60.7 Å². The van der Waals surface area contributed by atoms with Crippen LogP contribution in [0.4, 0.5) is 45.2 Å². The van der Waals surface area contributed by atoms with Gasteiger partial charge in [0.1, 0.15) is 30.4 Å². The van der Waals surface area contributed by atoms with Gasteiger partial charge < -0.3 is 24.6 Å². The summed E-state index contributed by atoms with van der Waals surface area (Å²) >= 11 is 0. The van der Waals surface area contributed by atoms with Gasteiger partial charge in [-0.25, -0.2) is 0 Å². The number of nitrogens with zero attached hydrogens (tertiary/aromatic N) is 1. The number of ether oxygens (including phenoxy) is 3. The van der Waals surface area contributed by atoms with Crippen LogP contribution in [0.3, 0.4) is 0 Å². The van der Waals surface area contributed by atoms with Gasteiger partial charge in [0.2, 0.25) is 5.91 Å². The molecule has 8 nitrogen and oxygen atoms in total. The van der Waals surface area contributed by atoms with Gasteiger partial charge in [-0.1, -0.05) is 12.1 Å². The number of amides is 1. The SMILES string of the molecule is COCCOCC(=O)Nc1ccc(COc2ccc(-c3cc(C(F)(F)F)[nH]n3)c(O)c2-c2cc(C(F)(F)F)cc(C(F)(F)F)c2)cc1. The Labute approximate surface area is 260 Å². The molecule has 0 atom stereocenters. The number of carbonyl (C=O) groups excluding carboxylic acids is 1. The minimum absolute atomic E-state index is 0.111. The lowest BCUT2D eigenvalue weighted by Crippen LogP contribution is -2.19. The third-order valence-electron chi connectivity index (χ3n) is 6.47. The standard InChI is InChI=1S/C30H24F9N3O5/c1-45-8-9-46-15-25(43)40-20-4-2-16(3-5-20)14-47-23-7-6-21(22-13-24(42-41-22)30(37,38)39)27(44)26(23)17-10-18(28(31,32)33)12-19(11-17)29(34,35)36/h2-7,10-13,44H,8-9,14-15H2,1H3,(H,40,43)(H,41,42). The van der Waals surface area contributed by atoms with Crippen molar-refractivity contribution in [3.8, 4) is 33.9 Å². The molecule has 3 aromatic carbocycles. The van der Waals surface area contributed by atoms with Crippen molar-refractivity contribution in [2.45, 2.75) is 25.1 Å². The Morgan fingerprint density at radius 1 is 0.851 bits per heavy atom. The molecule has 17 heteroatoms. The maximum atomic E-state index is 13.7. The lowest BCUT2D eigenvalue weighted by molar-refractivity contribution is -0.143. The third kappa shape index (κ3) is 8.94. The van der Waals surface area contributed by atoms with Gasteiger partial charge in [0.25, 0.3) is 0 Å². The number of benzene rings is 3. The predicted octanol–water partition coefficient (Wildman–Crippen LogP) is 7.69. The number of carbonyl (C=O) groups is 1. The van der Waals surface area contributed by atoms with Gasteiger partial charge in [-0.2, -0.15) is 44.6 Å². The molecule has 0 radical (unpaired) electrons. The number of aromatic nitrogens is 2. The highest BCUT2D eigenvalue weighted by molar-refractivity contribution is 5.91. The molecular weight excluding hydrogens is 653 g/mol. The van der Waals surface area contributed by atoms with Crippen LogP contribution in [-0.4, -0.2) is 48.1 Å². The second-order valence-corrected chi connectivity index (χ2v) is 9.87. The maximum absolute atomic E-state index is 13.7. The van der Waals surface area contributed by atoms with Crippen LogP contribution in [-0.2, 0) is 39.4 Å². The van der Waals surface area contributed by atoms with Crippen LogP contribution in [0.2, 0.25) is 0 Å². The van der Waals surface area contributed by atoms with E-state index in [1.165, 1.54) is 31.4 Å². The average molecular weight is 678 g/mol. The average Bonchev–Trinajstić information content (AvgIpc) is 3.49. The van der Waals surface area contributed by atoms with Crippen molar-refractivity contribution in [1.29, 1.82) is 0 Å². The summed E-state index contributed by atoms with van der Waals surface area (Å²) in [5, 5.41) is 19.0. The van der Waals surface area contributed by atoms with Gasteiger partial charge in [0.05, 0.1) is 35.6 Å². The van der Waals surface area contributed by atoms with E-state index in [2.05, 4.69) is 10.4 Å². The monoisotopic (exact) mass is 677 g/mol. The van der Waals surface area contributed by atoms with Crippen LogP contribution in [0, 0.1) is 0 Å². The molecule has 0 spiro atoms. The fraction of sp³-hybridized carbons (Fsp3) is 0.267. The molecule has 0 saturated heterocycles. The number of phenolic OH excluding ortho intramolecular Hbond substituents is 1. The van der Waals surface area contributed by atoms with Gasteiger partial charge in [0, 0.05) is 18.4 Å². The van der Waals surface area contributed by atoms with E-state index in [1.54, 1.807) is 5.10 Å². The molecule has 4 rings (SSSR count). The van der Waals surface area contributed by atoms with Crippen molar-refractivity contribution in [3.05, 3.63) is 83.0 Å². The van der Waals surface area contributed by atoms with Crippen LogP contribution < -0.4 is 10.1 Å². The maximum Gasteiger partial charge on any atom is 0.432 e. The second kappa shape index (κ2) is 13.9. The van der Waals surface area contributed by atoms with E-state index in [-0.39, 0.29) is 25.9 Å². The van der Waals surface area contributed by atoms with E-state index in [1.807, 2.05) is 0 Å². The van der Waals surface area contributed by atoms with Crippen molar-refractivity contribution in [3.63, 3.8) is 0 Å². The number of nitrogens with one attached hydrogen (secondary N) is 2. The zero-order valence-electron chi connectivity index (χ0n) is 24.0. The lowest BCUT2D eigenvalue weighted by Gasteiger charge is -2.19. The number of rotatable bonds is 11. The van der Waals surface area contributed by atoms with Gasteiger partial charge in [0.15, 0.2) is 0 Å². The van der Waals surface area contributed by atoms with Crippen molar-refractivity contribution in [2.75, 3.05) is 32.2 Å². The van der Waals surface area contributed by atoms with Crippen molar-refractivity contribution >= 4 is 11.6 Å². The smallest absolute Gasteiger partial charge is 0.432 e. The summed E-state index contributed by atoms with van der Waals surface area (Å²) in [6.45, 7) is -0.0692. The Balaban J connectivity index is 1.70. The molecule has 252 valence electrons. The number of aromatic hydroxyl groups is 1. The first kappa shape index (κ1) is 35.1. The third-order valence-corrected chi connectivity index (χ3v) is 6.47. The summed E-state index contributed by atoms with van der Waals surface area (Å²) in [4.78, 5) is 12.0. The summed E-state index contributed by atoms with van der Waals surface area (Å²) < 4.78 is 137. The molecule has 0 aliphatic rings. The fourth-order valence-electron chi connectivity index (χ4n) is 4.23. The Bertz CT molecular complexity index is 1670. The van der Waals surface area contributed by atoms with Crippen molar-refractivity contribution < 1.29 is 63.6 Å². The van der Waals surface area contributed by atoms with E-state index < -0.39 is 75.1 Å². The Kier molecular flexibility index (Phi) is 10.4. The molecule has 1 aromatic heterocycles. The second-order valence-electron chi connectivity index (χ2n) is 9.87. The van der Waals surface area contributed by atoms with Gasteiger partial charge in [-0.15, -0.1) is 0 Å². The van der Waals surface area contributed by atoms with E-state index >= 15 is 0 Å². The normalized spacial score (nSPS) is 12.3. The minimum Gasteiger partial charge on any atom is -0.506 e. The number of aromatic amines is 1. The molecule has 47 heavy (non-hydrogen) atoms. The summed E-state index contributed by atoms with van der Waals surface area (Å²) in [7, 11) is 1.47.